The number of carbonyl (C=O) groups excluding carboxylic acids is 1. The minimum atomic E-state index is -1.91. The van der Waals surface area contributed by atoms with Crippen molar-refractivity contribution in [3.05, 3.63) is 11.1 Å². The van der Waals surface area contributed by atoms with Gasteiger partial charge >= 0.3 is 0 Å². The number of rotatable bonds is 7. The topological polar surface area (TPSA) is 46.5 Å². The van der Waals surface area contributed by atoms with E-state index in [1.165, 1.54) is 0 Å². The van der Waals surface area contributed by atoms with Crippen LogP contribution in [-0.4, -0.2) is 31.4 Å². The third-order valence-electron chi connectivity index (χ3n) is 5.68. The highest BCUT2D eigenvalue weighted by molar-refractivity contribution is 9.11. The predicted octanol–water partition coefficient (Wildman–Crippen LogP) is 5.19. The third-order valence-corrected chi connectivity index (χ3v) is 10.5. The molecule has 1 rings (SSSR count). The molecule has 3 atom stereocenters. The highest BCUT2D eigenvalue weighted by Gasteiger charge is 2.50. The second kappa shape index (κ2) is 7.50. The number of hydrogen-bond acceptors (Lipinski definition) is 3. The normalized spacial score (nSPS) is 27.3. The summed E-state index contributed by atoms with van der Waals surface area (Å²) in [5, 5.41) is 10.2. The van der Waals surface area contributed by atoms with Crippen molar-refractivity contribution in [2.75, 3.05) is 0 Å². The molecule has 0 spiro atoms. The highest BCUT2D eigenvalue weighted by Crippen LogP contribution is 2.46. The second-order valence-electron chi connectivity index (χ2n) is 8.66. The number of halogens is 1. The minimum absolute atomic E-state index is 0.0183. The smallest absolute Gasteiger partial charge is 0.192 e. The zero-order valence-electron chi connectivity index (χ0n) is 15.5. The summed E-state index contributed by atoms with van der Waals surface area (Å²) in [6.45, 7) is 16.9. The molecule has 0 aromatic rings. The van der Waals surface area contributed by atoms with Crippen LogP contribution in [0.1, 0.15) is 59.8 Å². The van der Waals surface area contributed by atoms with E-state index in [0.717, 1.165) is 10.9 Å². The standard InChI is InChI=1S/C18H33BrO3Si/c1-13(19)12-14(20)10-11-18(5)15(21)8-9-16(18)22-23(6,7)17(2,3)4/h14,16,20H,1,8-12H2,2-7H3/t14-,16+,18-/m0/s1. The Kier molecular flexibility index (Phi) is 6.87. The first kappa shape index (κ1) is 21.1. The van der Waals surface area contributed by atoms with Crippen molar-refractivity contribution in [3.63, 3.8) is 0 Å². The first-order chi connectivity index (χ1) is 10.3. The first-order valence-electron chi connectivity index (χ1n) is 8.52. The average molecular weight is 405 g/mol. The van der Waals surface area contributed by atoms with E-state index in [2.05, 4.69) is 56.4 Å². The number of ketones is 1. The molecule has 0 aliphatic heterocycles. The Hall–Kier alpha value is 0.0269. The fraction of sp³-hybridized carbons (Fsp3) is 0.833. The Morgan fingerprint density at radius 1 is 1.52 bits per heavy atom. The molecule has 5 heteroatoms. The summed E-state index contributed by atoms with van der Waals surface area (Å²) in [5.74, 6) is 0.283. The van der Waals surface area contributed by atoms with E-state index in [1.54, 1.807) is 0 Å². The van der Waals surface area contributed by atoms with Gasteiger partial charge in [0.15, 0.2) is 8.32 Å². The van der Waals surface area contributed by atoms with Crippen LogP contribution >= 0.6 is 15.9 Å². The van der Waals surface area contributed by atoms with Gasteiger partial charge in [0.25, 0.3) is 0 Å². The van der Waals surface area contributed by atoms with Gasteiger partial charge in [-0.15, -0.1) is 0 Å². The molecular formula is C18H33BrO3Si. The fourth-order valence-corrected chi connectivity index (χ4v) is 4.71. The number of aliphatic hydroxyl groups excluding tert-OH is 1. The molecule has 1 N–H and O–H groups in total. The molecule has 0 aromatic carbocycles. The maximum Gasteiger partial charge on any atom is 0.192 e. The van der Waals surface area contributed by atoms with Crippen LogP contribution in [0.15, 0.2) is 11.1 Å². The summed E-state index contributed by atoms with van der Waals surface area (Å²) < 4.78 is 7.37. The van der Waals surface area contributed by atoms with E-state index in [9.17, 15) is 9.90 Å². The lowest BCUT2D eigenvalue weighted by Crippen LogP contribution is -2.48. The van der Waals surface area contributed by atoms with Gasteiger partial charge in [-0.05, 0) is 41.9 Å². The maximum absolute atomic E-state index is 12.5. The van der Waals surface area contributed by atoms with Gasteiger partial charge in [0.2, 0.25) is 0 Å². The van der Waals surface area contributed by atoms with Crippen molar-refractivity contribution in [2.45, 2.75) is 90.1 Å². The van der Waals surface area contributed by atoms with Crippen LogP contribution in [-0.2, 0) is 9.22 Å². The van der Waals surface area contributed by atoms with Crippen molar-refractivity contribution < 1.29 is 14.3 Å². The molecule has 0 radical (unpaired) electrons. The van der Waals surface area contributed by atoms with Crippen molar-refractivity contribution in [2.24, 2.45) is 5.41 Å². The first-order valence-corrected chi connectivity index (χ1v) is 12.2. The van der Waals surface area contributed by atoms with Crippen molar-refractivity contribution in [1.82, 2.24) is 0 Å². The monoisotopic (exact) mass is 404 g/mol. The Balaban J connectivity index is 2.80. The molecule has 0 amide bonds. The minimum Gasteiger partial charge on any atom is -0.413 e. The van der Waals surface area contributed by atoms with E-state index in [-0.39, 0.29) is 16.9 Å². The Bertz CT molecular complexity index is 456. The number of carbonyl (C=O) groups is 1. The van der Waals surface area contributed by atoms with Crippen LogP contribution in [0.5, 0.6) is 0 Å². The Labute approximate surface area is 151 Å². The molecular weight excluding hydrogens is 372 g/mol. The largest absolute Gasteiger partial charge is 0.413 e. The molecule has 0 saturated heterocycles. The van der Waals surface area contributed by atoms with Gasteiger partial charge in [-0.25, -0.2) is 0 Å². The molecule has 0 unspecified atom stereocenters. The molecule has 0 heterocycles. The lowest BCUT2D eigenvalue weighted by molar-refractivity contribution is -0.128. The van der Waals surface area contributed by atoms with E-state index < -0.39 is 19.8 Å². The predicted molar refractivity (Wildman–Crippen MR) is 102 cm³/mol. The Morgan fingerprint density at radius 3 is 2.57 bits per heavy atom. The highest BCUT2D eigenvalue weighted by atomic mass is 79.9. The van der Waals surface area contributed by atoms with E-state index >= 15 is 0 Å². The van der Waals surface area contributed by atoms with Crippen LogP contribution in [0.3, 0.4) is 0 Å². The van der Waals surface area contributed by atoms with Gasteiger partial charge in [0, 0.05) is 12.8 Å². The van der Waals surface area contributed by atoms with Gasteiger partial charge in [0.05, 0.1) is 17.6 Å². The van der Waals surface area contributed by atoms with Crippen LogP contribution in [0.2, 0.25) is 18.1 Å². The van der Waals surface area contributed by atoms with Crippen molar-refractivity contribution >= 4 is 30.0 Å². The van der Waals surface area contributed by atoms with Crippen LogP contribution in [0.25, 0.3) is 0 Å². The summed E-state index contributed by atoms with van der Waals surface area (Å²) in [6.07, 6.45) is 2.73. The van der Waals surface area contributed by atoms with Gasteiger partial charge in [-0.3, -0.25) is 4.79 Å². The van der Waals surface area contributed by atoms with E-state index in [4.69, 9.17) is 4.43 Å². The second-order valence-corrected chi connectivity index (χ2v) is 14.5. The Morgan fingerprint density at radius 2 is 2.09 bits per heavy atom. The molecule has 1 saturated carbocycles. The van der Waals surface area contributed by atoms with Crippen molar-refractivity contribution in [1.29, 1.82) is 0 Å². The molecule has 1 aliphatic rings. The third kappa shape index (κ3) is 5.25. The lowest BCUT2D eigenvalue weighted by Gasteiger charge is -2.42. The fourth-order valence-electron chi connectivity index (χ4n) is 2.89. The van der Waals surface area contributed by atoms with Crippen LogP contribution in [0, 0.1) is 5.41 Å². The maximum atomic E-state index is 12.5. The van der Waals surface area contributed by atoms with Crippen molar-refractivity contribution in [3.8, 4) is 0 Å². The average Bonchev–Trinajstić information content (AvgIpc) is 2.63. The molecule has 23 heavy (non-hydrogen) atoms. The molecule has 1 aliphatic carbocycles. The van der Waals surface area contributed by atoms with Gasteiger partial charge in [0.1, 0.15) is 5.78 Å². The number of Topliss-reactive ketones (excluding diaryl/α,β-unsaturated/α-hetero) is 1. The van der Waals surface area contributed by atoms with Crippen LogP contribution < -0.4 is 0 Å². The zero-order valence-corrected chi connectivity index (χ0v) is 18.1. The summed E-state index contributed by atoms with van der Waals surface area (Å²) in [4.78, 5) is 12.5. The summed E-state index contributed by atoms with van der Waals surface area (Å²) in [7, 11) is -1.91. The van der Waals surface area contributed by atoms with Gasteiger partial charge < -0.3 is 9.53 Å². The number of aliphatic hydroxyl groups is 1. The molecule has 0 aromatic heterocycles. The quantitative estimate of drug-likeness (QED) is 0.593. The lowest BCUT2D eigenvalue weighted by atomic mass is 9.80. The molecule has 3 nitrogen and oxygen atoms in total. The molecule has 134 valence electrons. The molecule has 1 fully saturated rings. The van der Waals surface area contributed by atoms with Crippen LogP contribution in [0.4, 0.5) is 0 Å². The number of hydrogen-bond donors (Lipinski definition) is 1. The SMILES string of the molecule is C=C(Br)C[C@@H](O)CC[C@@]1(C)C(=O)CC[C@H]1O[Si](C)(C)C(C)(C)C. The van der Waals surface area contributed by atoms with Gasteiger partial charge in [-0.1, -0.05) is 50.2 Å². The van der Waals surface area contributed by atoms with E-state index in [0.29, 0.717) is 25.7 Å². The van der Waals surface area contributed by atoms with E-state index in [1.807, 2.05) is 6.92 Å². The van der Waals surface area contributed by atoms with Gasteiger partial charge in [-0.2, -0.15) is 0 Å². The summed E-state index contributed by atoms with van der Waals surface area (Å²) in [5.41, 5.74) is -0.468. The zero-order chi connectivity index (χ0) is 18.1. The summed E-state index contributed by atoms with van der Waals surface area (Å²) >= 11 is 3.29. The molecule has 0 bridgehead atoms. The summed E-state index contributed by atoms with van der Waals surface area (Å²) in [6, 6.07) is 0.